The molecule has 0 heterocycles. The zero-order valence-corrected chi connectivity index (χ0v) is 13.6. The second-order valence-electron chi connectivity index (χ2n) is 7.72. The van der Waals surface area contributed by atoms with Crippen molar-refractivity contribution in [3.8, 4) is 0 Å². The molecule has 2 nitrogen and oxygen atoms in total. The van der Waals surface area contributed by atoms with Crippen LogP contribution >= 0.6 is 0 Å². The van der Waals surface area contributed by atoms with Gasteiger partial charge in [-0.25, -0.2) is 0 Å². The van der Waals surface area contributed by atoms with Gasteiger partial charge in [-0.2, -0.15) is 13.2 Å². The number of hydrogen-bond acceptors (Lipinski definition) is 1. The van der Waals surface area contributed by atoms with Gasteiger partial charge < -0.3 is 5.32 Å². The number of hydrogen-bond donors (Lipinski definition) is 1. The molecule has 1 amide bonds. The molecule has 2 aliphatic rings. The lowest BCUT2D eigenvalue weighted by Crippen LogP contribution is -2.46. The van der Waals surface area contributed by atoms with Crippen LogP contribution in [-0.2, 0) is 6.18 Å². The van der Waals surface area contributed by atoms with Gasteiger partial charge in [0.05, 0.1) is 5.56 Å². The number of carbonyl (C=O) groups excluding carboxylic acids is 1. The summed E-state index contributed by atoms with van der Waals surface area (Å²) in [5, 5.41) is 3.00. The van der Waals surface area contributed by atoms with Crippen LogP contribution in [0.25, 0.3) is 0 Å². The average Bonchev–Trinajstić information content (AvgIpc) is 2.80. The molecular weight excluding hydrogens is 303 g/mol. The summed E-state index contributed by atoms with van der Waals surface area (Å²) in [7, 11) is 0. The van der Waals surface area contributed by atoms with E-state index in [1.807, 2.05) is 0 Å². The van der Waals surface area contributed by atoms with Crippen molar-refractivity contribution in [2.24, 2.45) is 16.7 Å². The summed E-state index contributed by atoms with van der Waals surface area (Å²) >= 11 is 0. The third kappa shape index (κ3) is 2.45. The van der Waals surface area contributed by atoms with E-state index >= 15 is 0 Å². The van der Waals surface area contributed by atoms with E-state index in [0.29, 0.717) is 5.92 Å². The highest BCUT2D eigenvalue weighted by atomic mass is 19.4. The molecule has 0 aromatic heterocycles. The van der Waals surface area contributed by atoms with Crippen molar-refractivity contribution < 1.29 is 18.0 Å². The van der Waals surface area contributed by atoms with Crippen molar-refractivity contribution in [1.82, 2.24) is 5.32 Å². The predicted molar refractivity (Wildman–Crippen MR) is 81.9 cm³/mol. The van der Waals surface area contributed by atoms with Crippen LogP contribution < -0.4 is 5.32 Å². The first-order valence-electron chi connectivity index (χ1n) is 8.04. The van der Waals surface area contributed by atoms with E-state index in [-0.39, 0.29) is 22.4 Å². The van der Waals surface area contributed by atoms with Gasteiger partial charge in [0.25, 0.3) is 5.91 Å². The van der Waals surface area contributed by atoms with Crippen LogP contribution in [0.3, 0.4) is 0 Å². The fourth-order valence-corrected chi connectivity index (χ4v) is 4.50. The monoisotopic (exact) mass is 325 g/mol. The van der Waals surface area contributed by atoms with E-state index in [2.05, 4.69) is 26.1 Å². The maximum Gasteiger partial charge on any atom is 0.416 e. The highest BCUT2D eigenvalue weighted by molar-refractivity contribution is 5.94. The minimum atomic E-state index is -4.43. The van der Waals surface area contributed by atoms with Crippen LogP contribution in [0.4, 0.5) is 13.2 Å². The van der Waals surface area contributed by atoms with Crippen LogP contribution in [0.5, 0.6) is 0 Å². The van der Waals surface area contributed by atoms with Crippen LogP contribution in [-0.4, -0.2) is 11.9 Å². The maximum absolute atomic E-state index is 12.8. The summed E-state index contributed by atoms with van der Waals surface area (Å²) in [4.78, 5) is 12.4. The van der Waals surface area contributed by atoms with Gasteiger partial charge in [-0.3, -0.25) is 4.79 Å². The van der Waals surface area contributed by atoms with Crippen molar-refractivity contribution in [1.29, 1.82) is 0 Å². The third-order valence-corrected chi connectivity index (χ3v) is 6.55. The molecular formula is C18H22F3NO. The topological polar surface area (TPSA) is 29.1 Å². The number of fused-ring (bicyclic) bond motifs is 2. The van der Waals surface area contributed by atoms with E-state index in [4.69, 9.17) is 0 Å². The van der Waals surface area contributed by atoms with E-state index < -0.39 is 17.6 Å². The van der Waals surface area contributed by atoms with Crippen molar-refractivity contribution in [3.05, 3.63) is 35.4 Å². The van der Waals surface area contributed by atoms with Crippen LogP contribution in [0.1, 0.15) is 56.0 Å². The molecule has 2 bridgehead atoms. The van der Waals surface area contributed by atoms with Gasteiger partial charge in [-0.1, -0.05) is 26.8 Å². The molecule has 1 N–H and O–H groups in total. The zero-order chi connectivity index (χ0) is 17.0. The lowest BCUT2D eigenvalue weighted by atomic mass is 9.69. The quantitative estimate of drug-likeness (QED) is 0.842. The molecule has 3 rings (SSSR count). The van der Waals surface area contributed by atoms with Gasteiger partial charge in [-0.05, 0) is 54.2 Å². The second-order valence-corrected chi connectivity index (χ2v) is 7.72. The molecule has 0 saturated heterocycles. The first-order chi connectivity index (χ1) is 10.6. The molecule has 2 aliphatic carbocycles. The molecule has 3 atom stereocenters. The fraction of sp³-hybridized carbons (Fsp3) is 0.611. The summed E-state index contributed by atoms with van der Waals surface area (Å²) in [5.41, 5.74) is -0.554. The number of rotatable bonds is 2. The first-order valence-corrected chi connectivity index (χ1v) is 8.04. The average molecular weight is 325 g/mol. The van der Waals surface area contributed by atoms with Crippen molar-refractivity contribution in [2.75, 3.05) is 0 Å². The Kier molecular flexibility index (Phi) is 3.54. The third-order valence-electron chi connectivity index (χ3n) is 6.55. The second kappa shape index (κ2) is 4.99. The largest absolute Gasteiger partial charge is 0.416 e. The highest BCUT2D eigenvalue weighted by Gasteiger charge is 2.61. The van der Waals surface area contributed by atoms with E-state index in [1.165, 1.54) is 18.6 Å². The number of amides is 1. The van der Waals surface area contributed by atoms with E-state index in [9.17, 15) is 18.0 Å². The molecule has 1 aromatic carbocycles. The van der Waals surface area contributed by atoms with Gasteiger partial charge in [0.2, 0.25) is 0 Å². The Morgan fingerprint density at radius 3 is 2.48 bits per heavy atom. The van der Waals surface area contributed by atoms with Crippen LogP contribution in [0.2, 0.25) is 0 Å². The number of nitrogens with one attached hydrogen (secondary N) is 1. The Morgan fingerprint density at radius 2 is 1.96 bits per heavy atom. The number of halogens is 3. The Balaban J connectivity index is 1.79. The Morgan fingerprint density at radius 1 is 1.26 bits per heavy atom. The molecule has 1 aromatic rings. The van der Waals surface area contributed by atoms with Gasteiger partial charge >= 0.3 is 6.18 Å². The lowest BCUT2D eigenvalue weighted by Gasteiger charge is -2.39. The van der Waals surface area contributed by atoms with Crippen molar-refractivity contribution in [2.45, 2.75) is 52.3 Å². The minimum Gasteiger partial charge on any atom is -0.349 e. The number of benzene rings is 1. The van der Waals surface area contributed by atoms with Gasteiger partial charge in [0.15, 0.2) is 0 Å². The van der Waals surface area contributed by atoms with Crippen LogP contribution in [0, 0.1) is 16.7 Å². The van der Waals surface area contributed by atoms with Crippen LogP contribution in [0.15, 0.2) is 24.3 Å². The van der Waals surface area contributed by atoms with Gasteiger partial charge in [-0.15, -0.1) is 0 Å². The molecule has 0 radical (unpaired) electrons. The molecule has 0 aliphatic heterocycles. The Bertz CT molecular complexity index is 637. The Labute approximate surface area is 134 Å². The maximum atomic E-state index is 12.8. The molecule has 126 valence electrons. The molecule has 0 spiro atoms. The zero-order valence-electron chi connectivity index (χ0n) is 13.6. The smallest absolute Gasteiger partial charge is 0.349 e. The normalized spacial score (nSPS) is 32.1. The van der Waals surface area contributed by atoms with Gasteiger partial charge in [0, 0.05) is 11.6 Å². The highest BCUT2D eigenvalue weighted by Crippen LogP contribution is 2.65. The predicted octanol–water partition coefficient (Wildman–Crippen LogP) is 4.65. The first kappa shape index (κ1) is 16.3. The minimum absolute atomic E-state index is 0.00889. The standard InChI is InChI=1S/C18H22F3NO/c1-16(2)12-7-8-17(16,3)14(10-12)22-15(23)11-5-4-6-13(9-11)18(19,20)21/h4-6,9,12,14H,7-8,10H2,1-3H3,(H,22,23). The summed E-state index contributed by atoms with van der Waals surface area (Å²) in [6.45, 7) is 6.67. The fourth-order valence-electron chi connectivity index (χ4n) is 4.50. The lowest BCUT2D eigenvalue weighted by molar-refractivity contribution is -0.137. The van der Waals surface area contributed by atoms with Crippen molar-refractivity contribution >= 4 is 5.91 Å². The van der Waals surface area contributed by atoms with Crippen molar-refractivity contribution in [3.63, 3.8) is 0 Å². The summed E-state index contributed by atoms with van der Waals surface area (Å²) < 4.78 is 38.4. The van der Waals surface area contributed by atoms with Gasteiger partial charge in [0.1, 0.15) is 0 Å². The van der Waals surface area contributed by atoms with E-state index in [0.717, 1.165) is 25.0 Å². The molecule has 2 fully saturated rings. The Hall–Kier alpha value is -1.52. The SMILES string of the molecule is CC1(C)C2CCC1(C)C(NC(=O)c1cccc(C(F)(F)F)c1)C2. The molecule has 23 heavy (non-hydrogen) atoms. The summed E-state index contributed by atoms with van der Waals surface area (Å²) in [6.07, 6.45) is -1.30. The summed E-state index contributed by atoms with van der Waals surface area (Å²) in [6, 6.07) is 4.66. The molecule has 3 unspecified atom stereocenters. The molecule has 2 saturated carbocycles. The summed E-state index contributed by atoms with van der Waals surface area (Å²) in [5.74, 6) is 0.157. The number of alkyl halides is 3. The van der Waals surface area contributed by atoms with E-state index in [1.54, 1.807) is 0 Å². The number of carbonyl (C=O) groups is 1. The molecule has 5 heteroatoms.